The van der Waals surface area contributed by atoms with E-state index in [1.165, 1.54) is 16.7 Å². The molecule has 4 N–H and O–H groups in total. The lowest BCUT2D eigenvalue weighted by Gasteiger charge is -2.44. The normalized spacial score (nSPS) is 15.5. The quantitative estimate of drug-likeness (QED) is 0.327. The van der Waals surface area contributed by atoms with Gasteiger partial charge in [0.1, 0.15) is 0 Å². The Bertz CT molecular complexity index is 1160. The molecule has 1 aliphatic heterocycles. The Hall–Kier alpha value is -3.73. The van der Waals surface area contributed by atoms with E-state index < -0.39 is 11.4 Å². The minimum Gasteiger partial charge on any atom is -0.549 e. The van der Waals surface area contributed by atoms with Gasteiger partial charge in [-0.05, 0) is 61.2 Å². The second-order valence-corrected chi connectivity index (χ2v) is 9.83. The first-order chi connectivity index (χ1) is 17.6. The topological polar surface area (TPSA) is 79.9 Å². The summed E-state index contributed by atoms with van der Waals surface area (Å²) in [6, 6.07) is 41.9. The number of carbonyl (C=O) groups is 1. The minimum atomic E-state index is -0.958. The van der Waals surface area contributed by atoms with Gasteiger partial charge in [0.2, 0.25) is 0 Å². The van der Waals surface area contributed by atoms with Crippen LogP contribution in [-0.4, -0.2) is 30.5 Å². The van der Waals surface area contributed by atoms with Gasteiger partial charge in [-0.1, -0.05) is 121 Å². The van der Waals surface area contributed by atoms with Crippen LogP contribution >= 0.6 is 0 Å². The summed E-state index contributed by atoms with van der Waals surface area (Å²) in [6.07, 6.45) is 2.03. The Balaban J connectivity index is 0.00000320. The lowest BCUT2D eigenvalue weighted by molar-refractivity contribution is -0.315. The molecule has 0 saturated carbocycles. The van der Waals surface area contributed by atoms with Crippen LogP contribution in [0.3, 0.4) is 0 Å². The third-order valence-electron chi connectivity index (χ3n) is 8.03. The predicted molar refractivity (Wildman–Crippen MR) is 149 cm³/mol. The SMILES string of the molecule is O=C([O-])C1(c2ccccc2)CCN(CCC(c2ccccc2)(c2ccccc2)c2ccccc2)CC1.[NH4+]. The molecule has 1 aliphatic rings. The number of likely N-dealkylation sites (tertiary alicyclic amines) is 1. The molecular weight excluding hydrogens is 456 g/mol. The van der Waals surface area contributed by atoms with Crippen molar-refractivity contribution in [2.45, 2.75) is 30.1 Å². The maximum absolute atomic E-state index is 12.3. The van der Waals surface area contributed by atoms with Crippen molar-refractivity contribution in [2.24, 2.45) is 0 Å². The summed E-state index contributed by atoms with van der Waals surface area (Å²) < 4.78 is 0. The standard InChI is InChI=1S/C33H33NO2.H3N/c35-31(36)32(27-13-5-1-6-14-27)21-24-34(25-22-32)26-23-33(28-15-7-2-8-16-28,29-17-9-3-10-18-29)30-19-11-4-12-20-30;/h1-20H,21-26H2,(H,35,36);1H3. The molecule has 4 nitrogen and oxygen atoms in total. The first-order valence-corrected chi connectivity index (χ1v) is 12.8. The van der Waals surface area contributed by atoms with E-state index in [1.54, 1.807) is 0 Å². The molecule has 4 aromatic rings. The Morgan fingerprint density at radius 1 is 0.676 bits per heavy atom. The van der Waals surface area contributed by atoms with Gasteiger partial charge in [-0.25, -0.2) is 0 Å². The van der Waals surface area contributed by atoms with Crippen LogP contribution < -0.4 is 11.3 Å². The van der Waals surface area contributed by atoms with Crippen LogP contribution in [0, 0.1) is 0 Å². The molecule has 0 bridgehead atoms. The second kappa shape index (κ2) is 11.5. The Labute approximate surface area is 220 Å². The Kier molecular flexibility index (Phi) is 8.22. The van der Waals surface area contributed by atoms with Gasteiger partial charge >= 0.3 is 0 Å². The highest BCUT2D eigenvalue weighted by atomic mass is 16.4. The molecule has 1 saturated heterocycles. The van der Waals surface area contributed by atoms with Crippen molar-refractivity contribution < 1.29 is 9.90 Å². The number of quaternary nitrogens is 1. The number of piperidine rings is 1. The fourth-order valence-electron chi connectivity index (χ4n) is 5.95. The number of hydrogen-bond donors (Lipinski definition) is 1. The maximum atomic E-state index is 12.3. The van der Waals surface area contributed by atoms with E-state index in [0.717, 1.165) is 31.6 Å². The highest BCUT2D eigenvalue weighted by Crippen LogP contribution is 2.43. The molecule has 190 valence electrons. The third kappa shape index (κ3) is 5.08. The molecule has 4 aromatic carbocycles. The fraction of sp³-hybridized carbons (Fsp3) is 0.242. The molecule has 4 heteroatoms. The van der Waals surface area contributed by atoms with Gasteiger partial charge in [0, 0.05) is 10.8 Å². The van der Waals surface area contributed by atoms with Crippen LogP contribution in [0.4, 0.5) is 0 Å². The van der Waals surface area contributed by atoms with Gasteiger partial charge in [-0.2, -0.15) is 0 Å². The van der Waals surface area contributed by atoms with E-state index in [9.17, 15) is 9.90 Å². The number of carbonyl (C=O) groups excluding carboxylic acids is 1. The fourth-order valence-corrected chi connectivity index (χ4v) is 5.95. The molecule has 0 aromatic heterocycles. The number of carboxylic acid groups (broad SMARTS) is 1. The summed E-state index contributed by atoms with van der Waals surface area (Å²) in [7, 11) is 0. The van der Waals surface area contributed by atoms with Crippen LogP contribution in [0.25, 0.3) is 0 Å². The smallest absolute Gasteiger partial charge is 0.0521 e. The van der Waals surface area contributed by atoms with Crippen LogP contribution in [-0.2, 0) is 15.6 Å². The highest BCUT2D eigenvalue weighted by Gasteiger charge is 2.40. The van der Waals surface area contributed by atoms with Crippen molar-refractivity contribution >= 4 is 5.97 Å². The van der Waals surface area contributed by atoms with E-state index >= 15 is 0 Å². The van der Waals surface area contributed by atoms with Gasteiger partial charge in [0.25, 0.3) is 0 Å². The number of carboxylic acids is 1. The van der Waals surface area contributed by atoms with E-state index in [1.807, 2.05) is 30.3 Å². The molecule has 0 aliphatic carbocycles. The number of rotatable bonds is 8. The number of aliphatic carboxylic acids is 1. The molecule has 1 heterocycles. The molecule has 0 radical (unpaired) electrons. The zero-order valence-electron chi connectivity index (χ0n) is 21.6. The van der Waals surface area contributed by atoms with Crippen LogP contribution in [0.1, 0.15) is 41.5 Å². The highest BCUT2D eigenvalue weighted by molar-refractivity contribution is 5.79. The van der Waals surface area contributed by atoms with E-state index in [-0.39, 0.29) is 11.6 Å². The van der Waals surface area contributed by atoms with E-state index in [0.29, 0.717) is 12.8 Å². The van der Waals surface area contributed by atoms with Crippen molar-refractivity contribution in [2.75, 3.05) is 19.6 Å². The van der Waals surface area contributed by atoms with Gasteiger partial charge < -0.3 is 21.0 Å². The van der Waals surface area contributed by atoms with Gasteiger partial charge in [-0.15, -0.1) is 0 Å². The molecule has 0 amide bonds. The monoisotopic (exact) mass is 492 g/mol. The molecule has 0 unspecified atom stereocenters. The van der Waals surface area contributed by atoms with Crippen molar-refractivity contribution in [1.29, 1.82) is 0 Å². The molecular formula is C33H36N2O2. The van der Waals surface area contributed by atoms with E-state index in [4.69, 9.17) is 0 Å². The molecule has 0 atom stereocenters. The van der Waals surface area contributed by atoms with Gasteiger partial charge in [0.05, 0.1) is 5.97 Å². The summed E-state index contributed by atoms with van der Waals surface area (Å²) in [5.74, 6) is -0.958. The summed E-state index contributed by atoms with van der Waals surface area (Å²) in [5.41, 5.74) is 3.46. The maximum Gasteiger partial charge on any atom is 0.0521 e. The van der Waals surface area contributed by atoms with Crippen molar-refractivity contribution in [1.82, 2.24) is 11.1 Å². The van der Waals surface area contributed by atoms with Gasteiger partial charge in [0.15, 0.2) is 0 Å². The summed E-state index contributed by atoms with van der Waals surface area (Å²) in [6.45, 7) is 2.34. The first-order valence-electron chi connectivity index (χ1n) is 12.8. The third-order valence-corrected chi connectivity index (χ3v) is 8.03. The van der Waals surface area contributed by atoms with Crippen molar-refractivity contribution in [3.05, 3.63) is 144 Å². The van der Waals surface area contributed by atoms with Crippen molar-refractivity contribution in [3.8, 4) is 0 Å². The lowest BCUT2D eigenvalue weighted by atomic mass is 9.67. The Morgan fingerprint density at radius 2 is 1.05 bits per heavy atom. The number of benzene rings is 4. The van der Waals surface area contributed by atoms with E-state index in [2.05, 4.69) is 95.9 Å². The van der Waals surface area contributed by atoms with Crippen LogP contribution in [0.5, 0.6) is 0 Å². The largest absolute Gasteiger partial charge is 0.549 e. The minimum absolute atomic E-state index is 0. The summed E-state index contributed by atoms with van der Waals surface area (Å²) in [5, 5.41) is 12.3. The number of hydrogen-bond acceptors (Lipinski definition) is 3. The lowest BCUT2D eigenvalue weighted by Crippen LogP contribution is -2.53. The second-order valence-electron chi connectivity index (χ2n) is 9.83. The van der Waals surface area contributed by atoms with Crippen LogP contribution in [0.2, 0.25) is 0 Å². The summed E-state index contributed by atoms with van der Waals surface area (Å²) >= 11 is 0. The summed E-state index contributed by atoms with van der Waals surface area (Å²) in [4.78, 5) is 14.8. The molecule has 1 fully saturated rings. The van der Waals surface area contributed by atoms with Crippen LogP contribution in [0.15, 0.2) is 121 Å². The average molecular weight is 493 g/mol. The van der Waals surface area contributed by atoms with Crippen molar-refractivity contribution in [3.63, 3.8) is 0 Å². The predicted octanol–water partition coefficient (Wildman–Crippen LogP) is 5.57. The van der Waals surface area contributed by atoms with Gasteiger partial charge in [-0.3, -0.25) is 0 Å². The molecule has 5 rings (SSSR count). The zero-order chi connectivity index (χ0) is 24.8. The Morgan fingerprint density at radius 3 is 1.43 bits per heavy atom. The number of nitrogens with zero attached hydrogens (tertiary/aromatic N) is 1. The molecule has 0 spiro atoms. The first kappa shape index (κ1) is 26.3. The average Bonchev–Trinajstić information content (AvgIpc) is 2.96. The zero-order valence-corrected chi connectivity index (χ0v) is 21.6. The molecule has 37 heavy (non-hydrogen) atoms.